The van der Waals surface area contributed by atoms with Crippen LogP contribution in [0.1, 0.15) is 0 Å². The van der Waals surface area contributed by atoms with Gasteiger partial charge in [-0.3, -0.25) is 9.97 Å². The van der Waals surface area contributed by atoms with Crippen molar-refractivity contribution < 1.29 is 4.74 Å². The number of rotatable bonds is 3. The van der Waals surface area contributed by atoms with E-state index < -0.39 is 0 Å². The highest BCUT2D eigenvalue weighted by Gasteiger charge is 2.10. The molecule has 0 unspecified atom stereocenters. The first-order valence-corrected chi connectivity index (χ1v) is 6.87. The highest BCUT2D eigenvalue weighted by molar-refractivity contribution is 6.30. The molecular weight excluding hydrogens is 284 g/mol. The Labute approximate surface area is 128 Å². The lowest BCUT2D eigenvalue weighted by Gasteiger charge is -2.09. The SMILES string of the molecule is COc1cccc(-c2nccnc2-c2ccc(Cl)cc2)c1. The van der Waals surface area contributed by atoms with Gasteiger partial charge in [0.15, 0.2) is 0 Å². The molecule has 0 N–H and O–H groups in total. The minimum Gasteiger partial charge on any atom is -0.497 e. The van der Waals surface area contributed by atoms with Gasteiger partial charge >= 0.3 is 0 Å². The summed E-state index contributed by atoms with van der Waals surface area (Å²) >= 11 is 5.94. The zero-order chi connectivity index (χ0) is 14.7. The summed E-state index contributed by atoms with van der Waals surface area (Å²) in [7, 11) is 1.65. The van der Waals surface area contributed by atoms with E-state index in [0.29, 0.717) is 5.02 Å². The average Bonchev–Trinajstić information content (AvgIpc) is 2.56. The van der Waals surface area contributed by atoms with E-state index >= 15 is 0 Å². The first-order valence-electron chi connectivity index (χ1n) is 6.49. The lowest BCUT2D eigenvalue weighted by molar-refractivity contribution is 0.415. The average molecular weight is 297 g/mol. The first-order chi connectivity index (χ1) is 10.3. The maximum Gasteiger partial charge on any atom is 0.119 e. The fourth-order valence-corrected chi connectivity index (χ4v) is 2.26. The minimum atomic E-state index is 0.700. The molecule has 0 saturated carbocycles. The molecule has 0 spiro atoms. The number of nitrogens with zero attached hydrogens (tertiary/aromatic N) is 2. The van der Waals surface area contributed by atoms with Crippen molar-refractivity contribution in [3.63, 3.8) is 0 Å². The van der Waals surface area contributed by atoms with E-state index in [9.17, 15) is 0 Å². The van der Waals surface area contributed by atoms with Crippen LogP contribution >= 0.6 is 11.6 Å². The summed E-state index contributed by atoms with van der Waals surface area (Å²) in [4.78, 5) is 8.94. The lowest BCUT2D eigenvalue weighted by Crippen LogP contribution is -1.93. The molecule has 0 fully saturated rings. The van der Waals surface area contributed by atoms with Crippen molar-refractivity contribution in [1.29, 1.82) is 0 Å². The second-order valence-corrected chi connectivity index (χ2v) is 4.93. The van der Waals surface area contributed by atoms with Crippen LogP contribution < -0.4 is 4.74 Å². The van der Waals surface area contributed by atoms with Gasteiger partial charge in [-0.15, -0.1) is 0 Å². The number of hydrogen-bond donors (Lipinski definition) is 0. The fourth-order valence-electron chi connectivity index (χ4n) is 2.14. The van der Waals surface area contributed by atoms with Crippen LogP contribution in [-0.4, -0.2) is 17.1 Å². The summed E-state index contributed by atoms with van der Waals surface area (Å²) in [5.41, 5.74) is 3.58. The van der Waals surface area contributed by atoms with E-state index in [1.54, 1.807) is 19.5 Å². The van der Waals surface area contributed by atoms with Gasteiger partial charge in [-0.2, -0.15) is 0 Å². The molecule has 0 aliphatic heterocycles. The summed E-state index contributed by atoms with van der Waals surface area (Å²) < 4.78 is 5.27. The van der Waals surface area contributed by atoms with Gasteiger partial charge < -0.3 is 4.74 Å². The van der Waals surface area contributed by atoms with E-state index in [2.05, 4.69) is 9.97 Å². The van der Waals surface area contributed by atoms with Gasteiger partial charge in [0.05, 0.1) is 18.5 Å². The van der Waals surface area contributed by atoms with Gasteiger partial charge in [-0.05, 0) is 24.3 Å². The zero-order valence-corrected chi connectivity index (χ0v) is 12.2. The third-order valence-electron chi connectivity index (χ3n) is 3.16. The summed E-state index contributed by atoms with van der Waals surface area (Å²) in [5, 5.41) is 0.700. The van der Waals surface area contributed by atoms with Crippen molar-refractivity contribution in [2.45, 2.75) is 0 Å². The Bertz CT molecular complexity index is 757. The molecule has 4 heteroatoms. The van der Waals surface area contributed by atoms with Gasteiger partial charge in [0, 0.05) is 28.5 Å². The van der Waals surface area contributed by atoms with Crippen LogP contribution in [-0.2, 0) is 0 Å². The Morgan fingerprint density at radius 3 is 2.19 bits per heavy atom. The summed E-state index contributed by atoms with van der Waals surface area (Å²) in [6.45, 7) is 0. The summed E-state index contributed by atoms with van der Waals surface area (Å²) in [5.74, 6) is 0.792. The number of hydrogen-bond acceptors (Lipinski definition) is 3. The Morgan fingerprint density at radius 1 is 0.857 bits per heavy atom. The van der Waals surface area contributed by atoms with E-state index in [0.717, 1.165) is 28.3 Å². The normalized spacial score (nSPS) is 10.4. The number of ether oxygens (including phenoxy) is 1. The van der Waals surface area contributed by atoms with Crippen molar-refractivity contribution >= 4 is 11.6 Å². The molecule has 1 heterocycles. The standard InChI is InChI=1S/C17H13ClN2O/c1-21-15-4-2-3-13(11-15)17-16(19-9-10-20-17)12-5-7-14(18)8-6-12/h2-11H,1H3. The molecule has 0 radical (unpaired) electrons. The smallest absolute Gasteiger partial charge is 0.119 e. The van der Waals surface area contributed by atoms with Crippen LogP contribution in [0.15, 0.2) is 60.9 Å². The van der Waals surface area contributed by atoms with E-state index in [1.165, 1.54) is 0 Å². The molecule has 0 bridgehead atoms. The van der Waals surface area contributed by atoms with Crippen LogP contribution in [0.2, 0.25) is 5.02 Å². The topological polar surface area (TPSA) is 35.0 Å². The van der Waals surface area contributed by atoms with E-state index in [-0.39, 0.29) is 0 Å². The molecule has 3 rings (SSSR count). The number of methoxy groups -OCH3 is 1. The molecule has 0 aliphatic rings. The Kier molecular flexibility index (Phi) is 3.84. The minimum absolute atomic E-state index is 0.700. The summed E-state index contributed by atoms with van der Waals surface area (Å²) in [6.07, 6.45) is 3.38. The molecule has 0 amide bonds. The predicted octanol–water partition coefficient (Wildman–Crippen LogP) is 4.47. The fraction of sp³-hybridized carbons (Fsp3) is 0.0588. The monoisotopic (exact) mass is 296 g/mol. The second kappa shape index (κ2) is 5.94. The van der Waals surface area contributed by atoms with Crippen LogP contribution in [0.3, 0.4) is 0 Å². The molecule has 0 atom stereocenters. The van der Waals surface area contributed by atoms with Gasteiger partial charge in [0.25, 0.3) is 0 Å². The molecule has 3 aromatic rings. The maximum absolute atomic E-state index is 5.94. The van der Waals surface area contributed by atoms with Gasteiger partial charge in [0.1, 0.15) is 5.75 Å². The molecule has 3 nitrogen and oxygen atoms in total. The maximum atomic E-state index is 5.94. The molecule has 104 valence electrons. The van der Waals surface area contributed by atoms with Crippen molar-refractivity contribution in [3.05, 3.63) is 65.9 Å². The molecule has 2 aromatic carbocycles. The van der Waals surface area contributed by atoms with Crippen LogP contribution in [0.5, 0.6) is 5.75 Å². The lowest BCUT2D eigenvalue weighted by atomic mass is 10.0. The van der Waals surface area contributed by atoms with Crippen molar-refractivity contribution in [3.8, 4) is 28.3 Å². The number of aromatic nitrogens is 2. The van der Waals surface area contributed by atoms with Crippen LogP contribution in [0.25, 0.3) is 22.5 Å². The predicted molar refractivity (Wildman–Crippen MR) is 84.5 cm³/mol. The number of benzene rings is 2. The van der Waals surface area contributed by atoms with Gasteiger partial charge in [0.2, 0.25) is 0 Å². The molecular formula is C17H13ClN2O. The van der Waals surface area contributed by atoms with E-state index in [1.807, 2.05) is 48.5 Å². The third-order valence-corrected chi connectivity index (χ3v) is 3.41. The quantitative estimate of drug-likeness (QED) is 0.715. The van der Waals surface area contributed by atoms with Crippen LogP contribution in [0.4, 0.5) is 0 Å². The van der Waals surface area contributed by atoms with E-state index in [4.69, 9.17) is 16.3 Å². The molecule has 0 saturated heterocycles. The largest absolute Gasteiger partial charge is 0.497 e. The highest BCUT2D eigenvalue weighted by atomic mass is 35.5. The Morgan fingerprint density at radius 2 is 1.52 bits per heavy atom. The molecule has 21 heavy (non-hydrogen) atoms. The van der Waals surface area contributed by atoms with Crippen LogP contribution in [0, 0.1) is 0 Å². The Hall–Kier alpha value is -2.39. The molecule has 1 aromatic heterocycles. The molecule has 0 aliphatic carbocycles. The number of halogens is 1. The van der Waals surface area contributed by atoms with Crippen molar-refractivity contribution in [2.75, 3.05) is 7.11 Å². The highest BCUT2D eigenvalue weighted by Crippen LogP contribution is 2.30. The Balaban J connectivity index is 2.13. The van der Waals surface area contributed by atoms with Crippen molar-refractivity contribution in [1.82, 2.24) is 9.97 Å². The van der Waals surface area contributed by atoms with Gasteiger partial charge in [-0.25, -0.2) is 0 Å². The summed E-state index contributed by atoms with van der Waals surface area (Å²) in [6, 6.07) is 15.4. The second-order valence-electron chi connectivity index (χ2n) is 4.49. The van der Waals surface area contributed by atoms with Crippen molar-refractivity contribution in [2.24, 2.45) is 0 Å². The third kappa shape index (κ3) is 2.88. The zero-order valence-electron chi connectivity index (χ0n) is 11.5. The first kappa shape index (κ1) is 13.6. The van der Waals surface area contributed by atoms with Gasteiger partial charge in [-0.1, -0.05) is 35.9 Å².